The van der Waals surface area contributed by atoms with Crippen LogP contribution in [0, 0.1) is 6.92 Å². The van der Waals surface area contributed by atoms with E-state index in [4.69, 9.17) is 4.52 Å². The minimum absolute atomic E-state index is 0.175. The van der Waals surface area contributed by atoms with Crippen LogP contribution in [0.3, 0.4) is 0 Å². The van der Waals surface area contributed by atoms with Crippen molar-refractivity contribution in [2.45, 2.75) is 6.92 Å². The molecule has 1 N–H and O–H groups in total. The van der Waals surface area contributed by atoms with Crippen LogP contribution in [0.15, 0.2) is 39.8 Å². The van der Waals surface area contributed by atoms with Crippen molar-refractivity contribution in [3.05, 3.63) is 46.6 Å². The molecule has 0 unspecified atom stereocenters. The van der Waals surface area contributed by atoms with E-state index in [0.29, 0.717) is 28.1 Å². The fourth-order valence-corrected chi connectivity index (χ4v) is 1.72. The summed E-state index contributed by atoms with van der Waals surface area (Å²) in [5.41, 5.74) is 1.68. The number of H-pyrrole nitrogens is 1. The number of aryl methyl sites for hydroxylation is 1. The lowest BCUT2D eigenvalue weighted by Crippen LogP contribution is -2.07. The molecule has 0 spiro atoms. The summed E-state index contributed by atoms with van der Waals surface area (Å²) < 4.78 is 4.98. The van der Waals surface area contributed by atoms with Gasteiger partial charge in [-0.1, -0.05) is 5.16 Å². The monoisotopic (exact) mass is 227 g/mol. The largest absolute Gasteiger partial charge is 0.361 e. The van der Waals surface area contributed by atoms with Gasteiger partial charge in [0, 0.05) is 12.3 Å². The normalized spacial score (nSPS) is 10.9. The highest BCUT2D eigenvalue weighted by molar-refractivity contribution is 5.80. The Balaban J connectivity index is 2.29. The number of pyridine rings is 2. The van der Waals surface area contributed by atoms with Gasteiger partial charge in [-0.3, -0.25) is 9.78 Å². The molecule has 3 rings (SSSR count). The number of nitrogens with one attached hydrogen (secondary N) is 1. The summed E-state index contributed by atoms with van der Waals surface area (Å²) in [4.78, 5) is 18.7. The summed E-state index contributed by atoms with van der Waals surface area (Å²) in [6, 6.07) is 7.02. The van der Waals surface area contributed by atoms with Gasteiger partial charge in [0.15, 0.2) is 0 Å². The molecule has 3 aromatic heterocycles. The number of fused-ring (bicyclic) bond motifs is 1. The van der Waals surface area contributed by atoms with E-state index in [2.05, 4.69) is 15.1 Å². The van der Waals surface area contributed by atoms with Crippen LogP contribution in [0.25, 0.3) is 22.3 Å². The zero-order valence-corrected chi connectivity index (χ0v) is 9.10. The quantitative estimate of drug-likeness (QED) is 0.689. The van der Waals surface area contributed by atoms with E-state index in [1.54, 1.807) is 37.4 Å². The van der Waals surface area contributed by atoms with Crippen molar-refractivity contribution in [3.63, 3.8) is 0 Å². The van der Waals surface area contributed by atoms with E-state index in [1.165, 1.54) is 0 Å². The van der Waals surface area contributed by atoms with E-state index in [-0.39, 0.29) is 5.56 Å². The van der Waals surface area contributed by atoms with Crippen molar-refractivity contribution in [2.75, 3.05) is 0 Å². The molecule has 0 saturated heterocycles. The van der Waals surface area contributed by atoms with E-state index in [9.17, 15) is 4.79 Å². The lowest BCUT2D eigenvalue weighted by atomic mass is 10.2. The molecule has 3 aromatic rings. The molecule has 0 aliphatic rings. The molecule has 0 aliphatic heterocycles. The van der Waals surface area contributed by atoms with Crippen LogP contribution < -0.4 is 5.56 Å². The number of aromatic nitrogens is 3. The zero-order valence-electron chi connectivity index (χ0n) is 9.10. The first-order valence-electron chi connectivity index (χ1n) is 5.16. The van der Waals surface area contributed by atoms with Crippen LogP contribution >= 0.6 is 0 Å². The van der Waals surface area contributed by atoms with Crippen molar-refractivity contribution in [2.24, 2.45) is 0 Å². The Morgan fingerprint density at radius 3 is 3.00 bits per heavy atom. The third-order valence-corrected chi connectivity index (χ3v) is 2.52. The van der Waals surface area contributed by atoms with Gasteiger partial charge in [-0.05, 0) is 25.1 Å². The van der Waals surface area contributed by atoms with Crippen LogP contribution in [0.1, 0.15) is 5.76 Å². The Bertz CT molecular complexity index is 743. The maximum atomic E-state index is 11.8. The van der Waals surface area contributed by atoms with Gasteiger partial charge in [0.1, 0.15) is 11.5 Å². The molecular formula is C12H9N3O2. The molecule has 0 amide bonds. The highest BCUT2D eigenvalue weighted by atomic mass is 16.5. The predicted molar refractivity (Wildman–Crippen MR) is 62.6 cm³/mol. The van der Waals surface area contributed by atoms with Gasteiger partial charge in [-0.2, -0.15) is 0 Å². The summed E-state index contributed by atoms with van der Waals surface area (Å²) >= 11 is 0. The van der Waals surface area contributed by atoms with Crippen LogP contribution in [-0.2, 0) is 0 Å². The first-order valence-corrected chi connectivity index (χ1v) is 5.16. The van der Waals surface area contributed by atoms with Crippen molar-refractivity contribution in [1.82, 2.24) is 15.1 Å². The molecule has 0 aromatic carbocycles. The third kappa shape index (κ3) is 1.61. The Kier molecular flexibility index (Phi) is 2.04. The van der Waals surface area contributed by atoms with Crippen molar-refractivity contribution in [3.8, 4) is 11.4 Å². The molecule has 0 atom stereocenters. The minimum atomic E-state index is -0.175. The summed E-state index contributed by atoms with van der Waals surface area (Å²) in [5.74, 6) is 0.696. The van der Waals surface area contributed by atoms with Gasteiger partial charge in [0.25, 0.3) is 5.56 Å². The summed E-state index contributed by atoms with van der Waals surface area (Å²) in [5, 5.41) is 4.43. The standard InChI is InChI=1S/C12H9N3O2/c1-7-5-11(15-17-7)10-6-9-8(12(16)14-10)3-2-4-13-9/h2-6H,1H3,(H,14,16). The molecule has 3 heterocycles. The van der Waals surface area contributed by atoms with Gasteiger partial charge >= 0.3 is 0 Å². The average molecular weight is 227 g/mol. The van der Waals surface area contributed by atoms with Crippen LogP contribution in [0.5, 0.6) is 0 Å². The number of hydrogen-bond acceptors (Lipinski definition) is 4. The minimum Gasteiger partial charge on any atom is -0.361 e. The van der Waals surface area contributed by atoms with Gasteiger partial charge in [-0.15, -0.1) is 0 Å². The molecule has 0 aliphatic carbocycles. The summed E-state index contributed by atoms with van der Waals surface area (Å²) in [6.45, 7) is 1.80. The van der Waals surface area contributed by atoms with E-state index in [1.807, 2.05) is 0 Å². The van der Waals surface area contributed by atoms with E-state index >= 15 is 0 Å². The van der Waals surface area contributed by atoms with Gasteiger partial charge in [-0.25, -0.2) is 0 Å². The highest BCUT2D eigenvalue weighted by Crippen LogP contribution is 2.17. The Morgan fingerprint density at radius 2 is 2.24 bits per heavy atom. The number of aromatic amines is 1. The lowest BCUT2D eigenvalue weighted by molar-refractivity contribution is 0.399. The Labute approximate surface area is 96.1 Å². The second-order valence-electron chi connectivity index (χ2n) is 3.77. The molecule has 17 heavy (non-hydrogen) atoms. The van der Waals surface area contributed by atoms with Crippen molar-refractivity contribution >= 4 is 10.9 Å². The molecule has 5 heteroatoms. The molecule has 0 radical (unpaired) electrons. The smallest absolute Gasteiger partial charge is 0.257 e. The molecule has 84 valence electrons. The fraction of sp³-hybridized carbons (Fsp3) is 0.0833. The van der Waals surface area contributed by atoms with Crippen molar-refractivity contribution in [1.29, 1.82) is 0 Å². The van der Waals surface area contributed by atoms with Crippen LogP contribution in [-0.4, -0.2) is 15.1 Å². The molecule has 5 nitrogen and oxygen atoms in total. The third-order valence-electron chi connectivity index (χ3n) is 2.52. The SMILES string of the molecule is Cc1cc(-c2cc3ncccc3c(=O)[nH]2)no1. The molecular weight excluding hydrogens is 218 g/mol. The number of hydrogen-bond donors (Lipinski definition) is 1. The first kappa shape index (κ1) is 9.77. The van der Waals surface area contributed by atoms with Crippen LogP contribution in [0.4, 0.5) is 0 Å². The summed E-state index contributed by atoms with van der Waals surface area (Å²) in [6.07, 6.45) is 1.65. The maximum Gasteiger partial charge on any atom is 0.257 e. The second kappa shape index (κ2) is 3.55. The molecule has 0 saturated carbocycles. The van der Waals surface area contributed by atoms with E-state index in [0.717, 1.165) is 0 Å². The number of nitrogens with zero attached hydrogens (tertiary/aromatic N) is 2. The number of rotatable bonds is 1. The van der Waals surface area contributed by atoms with Crippen LogP contribution in [0.2, 0.25) is 0 Å². The molecule has 0 fully saturated rings. The predicted octanol–water partition coefficient (Wildman–Crippen LogP) is 1.89. The topological polar surface area (TPSA) is 71.8 Å². The Hall–Kier alpha value is -2.43. The summed E-state index contributed by atoms with van der Waals surface area (Å²) in [7, 11) is 0. The van der Waals surface area contributed by atoms with Gasteiger partial charge < -0.3 is 9.51 Å². The lowest BCUT2D eigenvalue weighted by Gasteiger charge is -1.98. The first-order chi connectivity index (χ1) is 8.24. The van der Waals surface area contributed by atoms with E-state index < -0.39 is 0 Å². The highest BCUT2D eigenvalue weighted by Gasteiger charge is 2.07. The second-order valence-corrected chi connectivity index (χ2v) is 3.77. The van der Waals surface area contributed by atoms with Gasteiger partial charge in [0.2, 0.25) is 0 Å². The maximum absolute atomic E-state index is 11.8. The van der Waals surface area contributed by atoms with Crippen molar-refractivity contribution < 1.29 is 4.52 Å². The Morgan fingerprint density at radius 1 is 1.35 bits per heavy atom. The molecule has 0 bridgehead atoms. The zero-order chi connectivity index (χ0) is 11.8. The van der Waals surface area contributed by atoms with Gasteiger partial charge in [0.05, 0.1) is 16.6 Å². The average Bonchev–Trinajstić information content (AvgIpc) is 2.76. The fourth-order valence-electron chi connectivity index (χ4n) is 1.72.